The molecular formula is C41H46N2O10. The number of nitrogens with one attached hydrogen (secondary N) is 2. The Morgan fingerprint density at radius 2 is 1.28 bits per heavy atom. The first-order valence-corrected chi connectivity index (χ1v) is 17.4. The summed E-state index contributed by atoms with van der Waals surface area (Å²) in [5, 5.41) is 15.2. The average molecular weight is 727 g/mol. The summed E-state index contributed by atoms with van der Waals surface area (Å²) in [5.41, 5.74) is 2.24. The fraction of sp³-hybridized carbons (Fsp3) is 0.317. The van der Waals surface area contributed by atoms with E-state index in [1.165, 1.54) is 58.8 Å². The molecule has 0 aliphatic heterocycles. The molecule has 0 saturated heterocycles. The van der Waals surface area contributed by atoms with E-state index in [4.69, 9.17) is 23.7 Å². The molecule has 280 valence electrons. The summed E-state index contributed by atoms with van der Waals surface area (Å²) in [6, 6.07) is 21.4. The summed E-state index contributed by atoms with van der Waals surface area (Å²) in [5.74, 6) is -0.616. The third-order valence-corrected chi connectivity index (χ3v) is 8.32. The number of unbranched alkanes of at least 4 members (excludes halogenated alkanes) is 4. The van der Waals surface area contributed by atoms with Crippen LogP contribution < -0.4 is 34.3 Å². The molecule has 1 unspecified atom stereocenters. The van der Waals surface area contributed by atoms with Gasteiger partial charge in [-0.25, -0.2) is 9.59 Å². The maximum Gasteiger partial charge on any atom is 0.343 e. The lowest BCUT2D eigenvalue weighted by Gasteiger charge is -2.16. The summed E-state index contributed by atoms with van der Waals surface area (Å²) in [6.45, 7) is 2.79. The van der Waals surface area contributed by atoms with E-state index < -0.39 is 23.9 Å². The molecule has 0 radical (unpaired) electrons. The minimum atomic E-state index is -1.28. The fourth-order valence-corrected chi connectivity index (χ4v) is 5.43. The molecule has 4 rings (SSSR count). The van der Waals surface area contributed by atoms with Crippen LogP contribution in [-0.4, -0.2) is 62.8 Å². The van der Waals surface area contributed by atoms with Gasteiger partial charge in [-0.05, 0) is 90.3 Å². The summed E-state index contributed by atoms with van der Waals surface area (Å²) < 4.78 is 27.3. The number of hydrogen-bond donors (Lipinski definition) is 3. The van der Waals surface area contributed by atoms with Crippen molar-refractivity contribution in [1.29, 1.82) is 0 Å². The van der Waals surface area contributed by atoms with Crippen molar-refractivity contribution in [2.24, 2.45) is 0 Å². The SMILES string of the molecule is CCCCCCCOc1ccc(C(=O)Oc2ccc(CC(NC(=O)c3ccc(NC(=O)Cc4ccc(OC)c(OC)c4)cc3)C(=O)O)cc2OC)cc1. The molecule has 0 aliphatic rings. The van der Waals surface area contributed by atoms with Crippen LogP contribution in [0.25, 0.3) is 0 Å². The van der Waals surface area contributed by atoms with Crippen LogP contribution >= 0.6 is 0 Å². The topological polar surface area (TPSA) is 159 Å². The van der Waals surface area contributed by atoms with Gasteiger partial charge in [0.2, 0.25) is 5.91 Å². The van der Waals surface area contributed by atoms with Gasteiger partial charge in [0.25, 0.3) is 5.91 Å². The highest BCUT2D eigenvalue weighted by molar-refractivity contribution is 5.98. The number of benzene rings is 4. The minimum Gasteiger partial charge on any atom is -0.494 e. The van der Waals surface area contributed by atoms with E-state index in [9.17, 15) is 24.3 Å². The van der Waals surface area contributed by atoms with Gasteiger partial charge >= 0.3 is 11.9 Å². The second-order valence-electron chi connectivity index (χ2n) is 12.2. The van der Waals surface area contributed by atoms with Crippen LogP contribution in [0.1, 0.15) is 70.9 Å². The van der Waals surface area contributed by atoms with Gasteiger partial charge in [0.1, 0.15) is 11.8 Å². The molecule has 0 fully saturated rings. The Morgan fingerprint density at radius 1 is 0.679 bits per heavy atom. The molecule has 12 heteroatoms. The van der Waals surface area contributed by atoms with Gasteiger partial charge in [-0.2, -0.15) is 0 Å². The molecule has 0 bridgehead atoms. The standard InChI is InChI=1S/C41H46N2O10/c1-5-6-7-8-9-22-52-32-18-14-30(15-19-32)41(48)53-35-21-11-27(24-37(35)51-4)23-33(40(46)47)43-39(45)29-12-16-31(17-13-29)42-38(44)26-28-10-20-34(49-2)36(25-28)50-3/h10-21,24-25,33H,5-9,22-23,26H2,1-4H3,(H,42,44)(H,43,45)(H,46,47). The molecule has 0 spiro atoms. The van der Waals surface area contributed by atoms with Crippen LogP contribution in [0.5, 0.6) is 28.7 Å². The number of aliphatic carboxylic acids is 1. The Balaban J connectivity index is 1.30. The van der Waals surface area contributed by atoms with Crippen molar-refractivity contribution in [3.63, 3.8) is 0 Å². The van der Waals surface area contributed by atoms with Gasteiger partial charge in [-0.3, -0.25) is 9.59 Å². The summed E-state index contributed by atoms with van der Waals surface area (Å²) in [7, 11) is 4.45. The lowest BCUT2D eigenvalue weighted by Crippen LogP contribution is -2.42. The number of carbonyl (C=O) groups excluding carboxylic acids is 3. The van der Waals surface area contributed by atoms with Crippen molar-refractivity contribution in [2.75, 3.05) is 33.3 Å². The fourth-order valence-electron chi connectivity index (χ4n) is 5.43. The molecule has 4 aromatic carbocycles. The van der Waals surface area contributed by atoms with Crippen LogP contribution in [0.4, 0.5) is 5.69 Å². The molecule has 2 amide bonds. The first kappa shape index (κ1) is 39.7. The van der Waals surface area contributed by atoms with Crippen LogP contribution in [-0.2, 0) is 22.4 Å². The van der Waals surface area contributed by atoms with Crippen molar-refractivity contribution in [1.82, 2.24) is 5.32 Å². The molecule has 1 atom stereocenters. The Hall–Kier alpha value is -6.04. The number of carbonyl (C=O) groups is 4. The van der Waals surface area contributed by atoms with E-state index >= 15 is 0 Å². The van der Waals surface area contributed by atoms with Crippen molar-refractivity contribution >= 4 is 29.4 Å². The average Bonchev–Trinajstić information content (AvgIpc) is 3.16. The van der Waals surface area contributed by atoms with Crippen LogP contribution in [0.2, 0.25) is 0 Å². The third-order valence-electron chi connectivity index (χ3n) is 8.32. The van der Waals surface area contributed by atoms with Crippen LogP contribution in [0.15, 0.2) is 84.9 Å². The predicted molar refractivity (Wildman–Crippen MR) is 200 cm³/mol. The molecular weight excluding hydrogens is 680 g/mol. The highest BCUT2D eigenvalue weighted by Crippen LogP contribution is 2.30. The largest absolute Gasteiger partial charge is 0.494 e. The lowest BCUT2D eigenvalue weighted by atomic mass is 10.0. The van der Waals surface area contributed by atoms with Gasteiger partial charge in [0.15, 0.2) is 23.0 Å². The highest BCUT2D eigenvalue weighted by Gasteiger charge is 2.23. The van der Waals surface area contributed by atoms with Gasteiger partial charge < -0.3 is 39.4 Å². The lowest BCUT2D eigenvalue weighted by molar-refractivity contribution is -0.139. The Morgan fingerprint density at radius 3 is 1.94 bits per heavy atom. The highest BCUT2D eigenvalue weighted by atomic mass is 16.6. The second kappa shape index (κ2) is 20.1. The summed E-state index contributed by atoms with van der Waals surface area (Å²) in [4.78, 5) is 50.7. The van der Waals surface area contributed by atoms with E-state index in [0.29, 0.717) is 40.7 Å². The zero-order chi connectivity index (χ0) is 38.2. The predicted octanol–water partition coefficient (Wildman–Crippen LogP) is 6.89. The Kier molecular flexibility index (Phi) is 15.1. The number of amides is 2. The number of hydrogen-bond acceptors (Lipinski definition) is 9. The molecule has 0 aromatic heterocycles. The van der Waals surface area contributed by atoms with Crippen LogP contribution in [0.3, 0.4) is 0 Å². The normalized spacial score (nSPS) is 11.2. The maximum atomic E-state index is 13.0. The zero-order valence-electron chi connectivity index (χ0n) is 30.4. The van der Waals surface area contributed by atoms with Crippen molar-refractivity contribution in [3.05, 3.63) is 107 Å². The first-order chi connectivity index (χ1) is 25.6. The Labute approximate surface area is 309 Å². The Bertz CT molecular complexity index is 1840. The molecule has 4 aromatic rings. The number of anilines is 1. The van der Waals surface area contributed by atoms with Gasteiger partial charge in [0, 0.05) is 17.7 Å². The van der Waals surface area contributed by atoms with Crippen molar-refractivity contribution in [3.8, 4) is 28.7 Å². The molecule has 12 nitrogen and oxygen atoms in total. The summed E-state index contributed by atoms with van der Waals surface area (Å²) in [6.07, 6.45) is 5.70. The molecule has 53 heavy (non-hydrogen) atoms. The number of ether oxygens (including phenoxy) is 5. The van der Waals surface area contributed by atoms with E-state index in [1.807, 2.05) is 0 Å². The van der Waals surface area contributed by atoms with E-state index in [1.54, 1.807) is 66.7 Å². The second-order valence-corrected chi connectivity index (χ2v) is 12.2. The number of esters is 1. The van der Waals surface area contributed by atoms with E-state index in [-0.39, 0.29) is 35.8 Å². The maximum absolute atomic E-state index is 13.0. The first-order valence-electron chi connectivity index (χ1n) is 17.4. The van der Waals surface area contributed by atoms with E-state index in [0.717, 1.165) is 18.4 Å². The number of carboxylic acids is 1. The summed E-state index contributed by atoms with van der Waals surface area (Å²) >= 11 is 0. The van der Waals surface area contributed by atoms with Gasteiger partial charge in [-0.15, -0.1) is 0 Å². The van der Waals surface area contributed by atoms with Gasteiger partial charge in [0.05, 0.1) is 39.9 Å². The number of rotatable bonds is 20. The zero-order valence-corrected chi connectivity index (χ0v) is 30.4. The minimum absolute atomic E-state index is 0.0734. The smallest absolute Gasteiger partial charge is 0.343 e. The molecule has 0 aliphatic carbocycles. The van der Waals surface area contributed by atoms with Crippen molar-refractivity contribution < 1.29 is 48.0 Å². The number of carboxylic acid groups (broad SMARTS) is 1. The molecule has 0 heterocycles. The van der Waals surface area contributed by atoms with E-state index in [2.05, 4.69) is 17.6 Å². The molecule has 3 N–H and O–H groups in total. The van der Waals surface area contributed by atoms with Gasteiger partial charge in [-0.1, -0.05) is 44.7 Å². The third kappa shape index (κ3) is 12.0. The monoisotopic (exact) mass is 726 g/mol. The van der Waals surface area contributed by atoms with Crippen molar-refractivity contribution in [2.45, 2.75) is 57.9 Å². The van der Waals surface area contributed by atoms with Crippen LogP contribution in [0, 0.1) is 0 Å². The molecule has 0 saturated carbocycles. The number of methoxy groups -OCH3 is 3. The quantitative estimate of drug-likeness (QED) is 0.0498.